The van der Waals surface area contributed by atoms with Crippen molar-refractivity contribution in [3.8, 4) is 12.3 Å². The molecule has 0 aliphatic carbocycles. The predicted octanol–water partition coefficient (Wildman–Crippen LogP) is -0.364. The van der Waals surface area contributed by atoms with E-state index < -0.39 is 17.4 Å². The quantitative estimate of drug-likeness (QED) is 0.585. The lowest BCUT2D eigenvalue weighted by Gasteiger charge is -2.30. The van der Waals surface area contributed by atoms with Crippen LogP contribution in [0.15, 0.2) is 0 Å². The van der Waals surface area contributed by atoms with Crippen LogP contribution < -0.4 is 11.1 Å². The van der Waals surface area contributed by atoms with E-state index >= 15 is 0 Å². The summed E-state index contributed by atoms with van der Waals surface area (Å²) in [5.41, 5.74) is 4.07. The number of primary amides is 1. The Balaban J connectivity index is 4.74. The third-order valence-corrected chi connectivity index (χ3v) is 2.17. The molecule has 1 atom stereocenters. The van der Waals surface area contributed by atoms with Gasteiger partial charge in [-0.2, -0.15) is 0 Å². The van der Waals surface area contributed by atoms with Crippen LogP contribution >= 0.6 is 0 Å². The maximum Gasteiger partial charge on any atom is 0.296 e. The van der Waals surface area contributed by atoms with Gasteiger partial charge in [-0.05, 0) is 18.8 Å². The highest BCUT2D eigenvalue weighted by molar-refractivity contribution is 5.98. The van der Waals surface area contributed by atoms with Crippen molar-refractivity contribution in [2.45, 2.75) is 26.3 Å². The Kier molecular flexibility index (Phi) is 3.49. The molecule has 13 heavy (non-hydrogen) atoms. The van der Waals surface area contributed by atoms with Gasteiger partial charge < -0.3 is 11.1 Å². The largest absolute Gasteiger partial charge is 0.368 e. The Morgan fingerprint density at radius 3 is 2.23 bits per heavy atom. The molecule has 0 aliphatic heterocycles. The number of hydrogen-bond donors (Lipinski definition) is 2. The number of amides is 2. The maximum absolute atomic E-state index is 11.1. The van der Waals surface area contributed by atoms with Crippen LogP contribution in [0.1, 0.15) is 20.8 Å². The zero-order chi connectivity index (χ0) is 10.6. The average molecular weight is 182 g/mol. The van der Waals surface area contributed by atoms with Crippen LogP contribution in [-0.2, 0) is 9.59 Å². The molecule has 0 saturated carbocycles. The zero-order valence-corrected chi connectivity index (χ0v) is 8.05. The van der Waals surface area contributed by atoms with Crippen molar-refractivity contribution in [1.82, 2.24) is 5.32 Å². The minimum absolute atomic E-state index is 0.109. The van der Waals surface area contributed by atoms with Gasteiger partial charge in [0.1, 0.15) is 5.54 Å². The van der Waals surface area contributed by atoms with Gasteiger partial charge in [0.05, 0.1) is 0 Å². The molecule has 3 N–H and O–H groups in total. The lowest BCUT2D eigenvalue weighted by Crippen LogP contribution is -2.58. The summed E-state index contributed by atoms with van der Waals surface area (Å²) in [6, 6.07) is 0. The predicted molar refractivity (Wildman–Crippen MR) is 49.4 cm³/mol. The molecule has 1 unspecified atom stereocenters. The number of hydrogen-bond acceptors (Lipinski definition) is 2. The molecule has 0 rings (SSSR count). The second kappa shape index (κ2) is 3.94. The molecule has 4 nitrogen and oxygen atoms in total. The van der Waals surface area contributed by atoms with Gasteiger partial charge in [0.25, 0.3) is 5.91 Å². The van der Waals surface area contributed by atoms with E-state index in [4.69, 9.17) is 12.2 Å². The highest BCUT2D eigenvalue weighted by Gasteiger charge is 2.35. The van der Waals surface area contributed by atoms with Crippen LogP contribution in [0.3, 0.4) is 0 Å². The Morgan fingerprint density at radius 2 is 2.00 bits per heavy atom. The molecule has 0 radical (unpaired) electrons. The number of nitrogens with one attached hydrogen (secondary N) is 1. The van der Waals surface area contributed by atoms with Gasteiger partial charge in [0, 0.05) is 0 Å². The van der Waals surface area contributed by atoms with E-state index in [9.17, 15) is 9.59 Å². The van der Waals surface area contributed by atoms with E-state index in [1.807, 2.05) is 5.92 Å². The molecule has 72 valence electrons. The zero-order valence-electron chi connectivity index (χ0n) is 8.05. The van der Waals surface area contributed by atoms with Gasteiger partial charge in [-0.25, -0.2) is 0 Å². The molecule has 0 bridgehead atoms. The van der Waals surface area contributed by atoms with Crippen molar-refractivity contribution in [3.05, 3.63) is 0 Å². The molecular formula is C9H14N2O2. The molecule has 0 aromatic carbocycles. The van der Waals surface area contributed by atoms with E-state index in [0.717, 1.165) is 0 Å². The number of rotatable bonds is 3. The summed E-state index contributed by atoms with van der Waals surface area (Å²) in [6.07, 6.45) is 4.87. The number of carbonyl (C=O) groups excluding carboxylic acids is 2. The topological polar surface area (TPSA) is 72.2 Å². The standard InChI is InChI=1S/C9H14N2O2/c1-5-7(12)11-9(4,6(2)3)8(10)13/h1,6H,2-4H3,(H2,10,13)(H,11,12). The lowest BCUT2D eigenvalue weighted by atomic mass is 9.87. The summed E-state index contributed by atoms with van der Waals surface area (Å²) < 4.78 is 0. The fourth-order valence-corrected chi connectivity index (χ4v) is 0.762. The van der Waals surface area contributed by atoms with Crippen molar-refractivity contribution >= 4 is 11.8 Å². The van der Waals surface area contributed by atoms with Crippen molar-refractivity contribution in [1.29, 1.82) is 0 Å². The summed E-state index contributed by atoms with van der Waals surface area (Å²) in [4.78, 5) is 21.9. The van der Waals surface area contributed by atoms with Crippen LogP contribution in [0.4, 0.5) is 0 Å². The van der Waals surface area contributed by atoms with Crippen molar-refractivity contribution < 1.29 is 9.59 Å². The Hall–Kier alpha value is -1.50. The summed E-state index contributed by atoms with van der Waals surface area (Å²) in [6.45, 7) is 5.11. The summed E-state index contributed by atoms with van der Waals surface area (Å²) in [5, 5.41) is 2.39. The van der Waals surface area contributed by atoms with E-state index in [2.05, 4.69) is 5.32 Å². The van der Waals surface area contributed by atoms with Crippen LogP contribution in [0.5, 0.6) is 0 Å². The first kappa shape index (κ1) is 11.5. The van der Waals surface area contributed by atoms with E-state index in [1.54, 1.807) is 20.8 Å². The van der Waals surface area contributed by atoms with E-state index in [0.29, 0.717) is 0 Å². The van der Waals surface area contributed by atoms with Gasteiger partial charge in [-0.15, -0.1) is 6.42 Å². The SMILES string of the molecule is C#CC(=O)NC(C)(C(N)=O)C(C)C. The second-order valence-corrected chi connectivity index (χ2v) is 3.32. The molecule has 0 heterocycles. The smallest absolute Gasteiger partial charge is 0.296 e. The Morgan fingerprint density at radius 1 is 1.54 bits per heavy atom. The molecule has 0 aromatic rings. The fraction of sp³-hybridized carbons (Fsp3) is 0.556. The second-order valence-electron chi connectivity index (χ2n) is 3.32. The maximum atomic E-state index is 11.1. The normalized spacial score (nSPS) is 14.4. The first-order valence-electron chi connectivity index (χ1n) is 3.93. The first-order valence-corrected chi connectivity index (χ1v) is 3.93. The third kappa shape index (κ3) is 2.48. The van der Waals surface area contributed by atoms with Crippen molar-refractivity contribution in [3.63, 3.8) is 0 Å². The molecule has 4 heteroatoms. The lowest BCUT2D eigenvalue weighted by molar-refractivity contribution is -0.130. The summed E-state index contributed by atoms with van der Waals surface area (Å²) >= 11 is 0. The van der Waals surface area contributed by atoms with Crippen molar-refractivity contribution in [2.24, 2.45) is 11.7 Å². The van der Waals surface area contributed by atoms with Gasteiger partial charge in [-0.3, -0.25) is 9.59 Å². The fourth-order valence-electron chi connectivity index (χ4n) is 0.762. The van der Waals surface area contributed by atoms with Crippen molar-refractivity contribution in [2.75, 3.05) is 0 Å². The Labute approximate surface area is 77.9 Å². The molecule has 0 saturated heterocycles. The molecule has 0 fully saturated rings. The van der Waals surface area contributed by atoms with Crippen LogP contribution in [0, 0.1) is 18.3 Å². The number of nitrogens with two attached hydrogens (primary N) is 1. The first-order chi connectivity index (χ1) is 5.84. The highest BCUT2D eigenvalue weighted by atomic mass is 16.2. The number of terminal acetylenes is 1. The minimum atomic E-state index is -1.08. The molecule has 0 spiro atoms. The Bertz CT molecular complexity index is 265. The third-order valence-electron chi connectivity index (χ3n) is 2.17. The average Bonchev–Trinajstić information content (AvgIpc) is 2.03. The number of carbonyl (C=O) groups is 2. The molecular weight excluding hydrogens is 168 g/mol. The molecule has 0 aromatic heterocycles. The summed E-state index contributed by atoms with van der Waals surface area (Å²) in [7, 11) is 0. The molecule has 0 aliphatic rings. The van der Waals surface area contributed by atoms with Gasteiger partial charge in [-0.1, -0.05) is 13.8 Å². The highest BCUT2D eigenvalue weighted by Crippen LogP contribution is 2.15. The van der Waals surface area contributed by atoms with E-state index in [-0.39, 0.29) is 5.92 Å². The van der Waals surface area contributed by atoms with Gasteiger partial charge in [0.2, 0.25) is 5.91 Å². The summed E-state index contributed by atoms with van der Waals surface area (Å²) in [5.74, 6) is 0.542. The van der Waals surface area contributed by atoms with Gasteiger partial charge in [0.15, 0.2) is 0 Å². The van der Waals surface area contributed by atoms with E-state index in [1.165, 1.54) is 0 Å². The van der Waals surface area contributed by atoms with Crippen LogP contribution in [0.2, 0.25) is 0 Å². The van der Waals surface area contributed by atoms with Crippen LogP contribution in [0.25, 0.3) is 0 Å². The van der Waals surface area contributed by atoms with Crippen LogP contribution in [-0.4, -0.2) is 17.4 Å². The minimum Gasteiger partial charge on any atom is -0.368 e. The molecule has 2 amide bonds. The van der Waals surface area contributed by atoms with Gasteiger partial charge >= 0.3 is 0 Å². The monoisotopic (exact) mass is 182 g/mol.